The van der Waals surface area contributed by atoms with Crippen molar-refractivity contribution in [3.63, 3.8) is 0 Å². The van der Waals surface area contributed by atoms with Gasteiger partial charge in [0.1, 0.15) is 11.5 Å². The molecule has 1 aliphatic heterocycles. The van der Waals surface area contributed by atoms with Crippen molar-refractivity contribution < 1.29 is 28.9 Å². The molecule has 40 heavy (non-hydrogen) atoms. The molecule has 4 rings (SSSR count). The van der Waals surface area contributed by atoms with Crippen LogP contribution < -0.4 is 19.1 Å². The average molecular weight is 544 g/mol. The van der Waals surface area contributed by atoms with Crippen LogP contribution in [0, 0.1) is 19.8 Å². The van der Waals surface area contributed by atoms with Crippen molar-refractivity contribution in [3.05, 3.63) is 88.5 Å². The van der Waals surface area contributed by atoms with Gasteiger partial charge in [-0.05, 0) is 75.1 Å². The van der Waals surface area contributed by atoms with Crippen LogP contribution in [0.25, 0.3) is 5.76 Å². The van der Waals surface area contributed by atoms with Gasteiger partial charge in [0.2, 0.25) is 0 Å². The van der Waals surface area contributed by atoms with Crippen LogP contribution in [0.3, 0.4) is 0 Å². The summed E-state index contributed by atoms with van der Waals surface area (Å²) in [5.74, 6) is 0.373. The number of ketones is 1. The standard InChI is InChI=1S/C33H37NO6/c1-7-38-27-15-13-25(18-28(27)39-8-2)34-30(23-11-9-10-21(5)16-23)29(32(36)33(34)37)31(35)24-12-14-26(22(6)17-24)40-19-20(3)4/h9-18,20,30,35H,7-8,19H2,1-6H3/b31-29+. The Balaban J connectivity index is 1.86. The Labute approximate surface area is 236 Å². The molecule has 1 aliphatic rings. The summed E-state index contributed by atoms with van der Waals surface area (Å²) in [6.07, 6.45) is 0. The maximum atomic E-state index is 13.6. The van der Waals surface area contributed by atoms with Gasteiger partial charge >= 0.3 is 0 Å². The predicted molar refractivity (Wildman–Crippen MR) is 156 cm³/mol. The highest BCUT2D eigenvalue weighted by molar-refractivity contribution is 6.51. The van der Waals surface area contributed by atoms with Crippen LogP contribution >= 0.6 is 0 Å². The van der Waals surface area contributed by atoms with Crippen LogP contribution in [0.4, 0.5) is 5.69 Å². The SMILES string of the molecule is CCOc1ccc(N2C(=O)C(=O)/C(=C(/O)c3ccc(OCC(C)C)c(C)c3)C2c2cccc(C)c2)cc1OCC. The molecule has 7 nitrogen and oxygen atoms in total. The molecular formula is C33H37NO6. The van der Waals surface area contributed by atoms with Crippen LogP contribution in [-0.2, 0) is 9.59 Å². The highest BCUT2D eigenvalue weighted by Crippen LogP contribution is 2.44. The number of amides is 1. The molecular weight excluding hydrogens is 506 g/mol. The van der Waals surface area contributed by atoms with Crippen molar-refractivity contribution in [2.24, 2.45) is 5.92 Å². The molecule has 0 bridgehead atoms. The molecule has 1 atom stereocenters. The summed E-state index contributed by atoms with van der Waals surface area (Å²) in [5, 5.41) is 11.6. The Kier molecular flexibility index (Phi) is 8.83. The first-order valence-corrected chi connectivity index (χ1v) is 13.7. The van der Waals surface area contributed by atoms with Crippen LogP contribution in [0.5, 0.6) is 17.2 Å². The molecule has 1 heterocycles. The summed E-state index contributed by atoms with van der Waals surface area (Å²) in [7, 11) is 0. The van der Waals surface area contributed by atoms with Crippen molar-refractivity contribution in [2.45, 2.75) is 47.6 Å². The van der Waals surface area contributed by atoms with Crippen LogP contribution in [0.15, 0.2) is 66.2 Å². The van der Waals surface area contributed by atoms with E-state index in [1.807, 2.05) is 52.0 Å². The van der Waals surface area contributed by atoms with Gasteiger partial charge < -0.3 is 19.3 Å². The van der Waals surface area contributed by atoms with Crippen LogP contribution in [0.2, 0.25) is 0 Å². The summed E-state index contributed by atoms with van der Waals surface area (Å²) < 4.78 is 17.4. The van der Waals surface area contributed by atoms with Gasteiger partial charge in [0.25, 0.3) is 11.7 Å². The van der Waals surface area contributed by atoms with E-state index in [2.05, 4.69) is 13.8 Å². The van der Waals surface area contributed by atoms with Gasteiger partial charge in [-0.2, -0.15) is 0 Å². The lowest BCUT2D eigenvalue weighted by Gasteiger charge is -2.26. The van der Waals surface area contributed by atoms with E-state index < -0.39 is 17.7 Å². The molecule has 0 saturated carbocycles. The smallest absolute Gasteiger partial charge is 0.300 e. The summed E-state index contributed by atoms with van der Waals surface area (Å²) in [4.78, 5) is 28.6. The number of nitrogens with zero attached hydrogens (tertiary/aromatic N) is 1. The molecule has 210 valence electrons. The van der Waals surface area contributed by atoms with Gasteiger partial charge in [-0.25, -0.2) is 0 Å². The number of hydrogen-bond donors (Lipinski definition) is 1. The summed E-state index contributed by atoms with van der Waals surface area (Å²) in [6.45, 7) is 13.1. The molecule has 3 aromatic rings. The summed E-state index contributed by atoms with van der Waals surface area (Å²) in [5.41, 5.74) is 3.42. The highest BCUT2D eigenvalue weighted by atomic mass is 16.5. The normalized spacial score (nSPS) is 16.5. The third kappa shape index (κ3) is 5.83. The van der Waals surface area contributed by atoms with Gasteiger partial charge in [-0.1, -0.05) is 43.7 Å². The van der Waals surface area contributed by atoms with Crippen molar-refractivity contribution >= 4 is 23.1 Å². The maximum absolute atomic E-state index is 13.6. The molecule has 7 heteroatoms. The number of carbonyl (C=O) groups is 2. The quantitative estimate of drug-likeness (QED) is 0.173. The lowest BCUT2D eigenvalue weighted by Crippen LogP contribution is -2.29. The Morgan fingerprint density at radius 3 is 2.23 bits per heavy atom. The van der Waals surface area contributed by atoms with E-state index in [-0.39, 0.29) is 11.3 Å². The van der Waals surface area contributed by atoms with E-state index in [9.17, 15) is 14.7 Å². The highest BCUT2D eigenvalue weighted by Gasteiger charge is 2.47. The molecule has 1 amide bonds. The Morgan fingerprint density at radius 1 is 0.875 bits per heavy atom. The molecule has 1 fully saturated rings. The van der Waals surface area contributed by atoms with Gasteiger partial charge in [-0.15, -0.1) is 0 Å². The number of benzene rings is 3. The number of anilines is 1. The van der Waals surface area contributed by atoms with Crippen molar-refractivity contribution in [3.8, 4) is 17.2 Å². The van der Waals surface area contributed by atoms with E-state index in [1.165, 1.54) is 4.90 Å². The fourth-order valence-corrected chi connectivity index (χ4v) is 4.81. The van der Waals surface area contributed by atoms with E-state index >= 15 is 0 Å². The molecule has 0 spiro atoms. The minimum Gasteiger partial charge on any atom is -0.507 e. The topological polar surface area (TPSA) is 85.3 Å². The average Bonchev–Trinajstić information content (AvgIpc) is 3.19. The molecule has 3 aromatic carbocycles. The van der Waals surface area contributed by atoms with E-state index in [1.54, 1.807) is 36.4 Å². The van der Waals surface area contributed by atoms with E-state index in [0.29, 0.717) is 59.8 Å². The molecule has 1 N–H and O–H groups in total. The van der Waals surface area contributed by atoms with Crippen molar-refractivity contribution in [1.29, 1.82) is 0 Å². The fourth-order valence-electron chi connectivity index (χ4n) is 4.81. The third-order valence-corrected chi connectivity index (χ3v) is 6.63. The number of aryl methyl sites for hydroxylation is 2. The third-order valence-electron chi connectivity index (χ3n) is 6.63. The first-order valence-electron chi connectivity index (χ1n) is 13.7. The summed E-state index contributed by atoms with van der Waals surface area (Å²) >= 11 is 0. The summed E-state index contributed by atoms with van der Waals surface area (Å²) in [6, 6.07) is 17.2. The number of aliphatic hydroxyl groups is 1. The second-order valence-electron chi connectivity index (χ2n) is 10.3. The first kappa shape index (κ1) is 28.7. The van der Waals surface area contributed by atoms with Gasteiger partial charge in [0, 0.05) is 17.3 Å². The van der Waals surface area contributed by atoms with E-state index in [0.717, 1.165) is 11.1 Å². The fraction of sp³-hybridized carbons (Fsp3) is 0.333. The largest absolute Gasteiger partial charge is 0.507 e. The Morgan fingerprint density at radius 2 is 1.57 bits per heavy atom. The van der Waals surface area contributed by atoms with Gasteiger partial charge in [0.15, 0.2) is 11.5 Å². The molecule has 1 unspecified atom stereocenters. The minimum absolute atomic E-state index is 0.0256. The number of rotatable bonds is 10. The zero-order valence-electron chi connectivity index (χ0n) is 24.0. The number of ether oxygens (including phenoxy) is 3. The lowest BCUT2D eigenvalue weighted by atomic mass is 9.93. The molecule has 0 aliphatic carbocycles. The van der Waals surface area contributed by atoms with Gasteiger partial charge in [-0.3, -0.25) is 14.5 Å². The lowest BCUT2D eigenvalue weighted by molar-refractivity contribution is -0.132. The van der Waals surface area contributed by atoms with Crippen molar-refractivity contribution in [1.82, 2.24) is 0 Å². The minimum atomic E-state index is -0.843. The number of Topliss-reactive ketones (excluding diaryl/α,β-unsaturated/α-hetero) is 1. The zero-order valence-corrected chi connectivity index (χ0v) is 24.0. The Hall–Kier alpha value is -4.26. The molecule has 1 saturated heterocycles. The predicted octanol–water partition coefficient (Wildman–Crippen LogP) is 6.76. The second-order valence-corrected chi connectivity index (χ2v) is 10.3. The molecule has 0 aromatic heterocycles. The number of aliphatic hydroxyl groups excluding tert-OH is 1. The van der Waals surface area contributed by atoms with Crippen molar-refractivity contribution in [2.75, 3.05) is 24.7 Å². The Bertz CT molecular complexity index is 1440. The zero-order chi connectivity index (χ0) is 29.0. The van der Waals surface area contributed by atoms with Crippen LogP contribution in [-0.4, -0.2) is 36.6 Å². The van der Waals surface area contributed by atoms with Crippen LogP contribution in [0.1, 0.15) is 56.0 Å². The number of carbonyl (C=O) groups excluding carboxylic acids is 2. The molecule has 0 radical (unpaired) electrons. The maximum Gasteiger partial charge on any atom is 0.300 e. The monoisotopic (exact) mass is 543 g/mol. The first-order chi connectivity index (χ1) is 19.2. The number of hydrogen-bond acceptors (Lipinski definition) is 6. The van der Waals surface area contributed by atoms with Gasteiger partial charge in [0.05, 0.1) is 31.4 Å². The second kappa shape index (κ2) is 12.3. The van der Waals surface area contributed by atoms with E-state index in [4.69, 9.17) is 14.2 Å².